The van der Waals surface area contributed by atoms with Gasteiger partial charge in [-0.25, -0.2) is 0 Å². The molecular weight excluding hydrogens is 260 g/mol. The summed E-state index contributed by atoms with van der Waals surface area (Å²) in [6, 6.07) is 2.08. The van der Waals surface area contributed by atoms with E-state index < -0.39 is 0 Å². The topological polar surface area (TPSA) is 45.5 Å². The second-order valence-electron chi connectivity index (χ2n) is 3.70. The SMILES string of the molecule is C[C@@H]1CN(C(=O)c2occc2Br)CCN1. The molecular formula is C10H13BrN2O2. The summed E-state index contributed by atoms with van der Waals surface area (Å²) in [6.07, 6.45) is 1.52. The fourth-order valence-corrected chi connectivity index (χ4v) is 2.08. The van der Waals surface area contributed by atoms with Crippen molar-refractivity contribution in [2.24, 2.45) is 0 Å². The third-order valence-corrected chi connectivity index (χ3v) is 3.09. The van der Waals surface area contributed by atoms with E-state index in [-0.39, 0.29) is 5.91 Å². The Morgan fingerprint density at radius 2 is 2.53 bits per heavy atom. The van der Waals surface area contributed by atoms with Crippen LogP contribution < -0.4 is 5.32 Å². The first kappa shape index (κ1) is 10.7. The average molecular weight is 273 g/mol. The number of carbonyl (C=O) groups is 1. The zero-order valence-electron chi connectivity index (χ0n) is 8.50. The van der Waals surface area contributed by atoms with E-state index in [9.17, 15) is 4.79 Å². The molecule has 0 aromatic carbocycles. The van der Waals surface area contributed by atoms with Gasteiger partial charge in [0.25, 0.3) is 5.91 Å². The maximum Gasteiger partial charge on any atom is 0.290 e. The fourth-order valence-electron chi connectivity index (χ4n) is 1.71. The molecule has 1 fully saturated rings. The van der Waals surface area contributed by atoms with Gasteiger partial charge < -0.3 is 14.6 Å². The Morgan fingerprint density at radius 1 is 1.73 bits per heavy atom. The van der Waals surface area contributed by atoms with Crippen molar-refractivity contribution in [3.05, 3.63) is 22.6 Å². The molecule has 1 saturated heterocycles. The van der Waals surface area contributed by atoms with Gasteiger partial charge in [0, 0.05) is 25.7 Å². The highest BCUT2D eigenvalue weighted by molar-refractivity contribution is 9.10. The third-order valence-electron chi connectivity index (χ3n) is 2.47. The summed E-state index contributed by atoms with van der Waals surface area (Å²) in [5.74, 6) is 0.351. The molecule has 5 heteroatoms. The lowest BCUT2D eigenvalue weighted by molar-refractivity contribution is 0.0675. The lowest BCUT2D eigenvalue weighted by Gasteiger charge is -2.31. The van der Waals surface area contributed by atoms with Crippen molar-refractivity contribution in [3.63, 3.8) is 0 Å². The van der Waals surface area contributed by atoms with Crippen molar-refractivity contribution in [3.8, 4) is 0 Å². The molecule has 0 bridgehead atoms. The second kappa shape index (κ2) is 4.37. The summed E-state index contributed by atoms with van der Waals surface area (Å²) >= 11 is 3.29. The van der Waals surface area contributed by atoms with Crippen molar-refractivity contribution < 1.29 is 9.21 Å². The molecule has 2 heterocycles. The van der Waals surface area contributed by atoms with Gasteiger partial charge in [-0.1, -0.05) is 0 Å². The summed E-state index contributed by atoms with van der Waals surface area (Å²) in [7, 11) is 0. The van der Waals surface area contributed by atoms with Crippen LogP contribution in [0.1, 0.15) is 17.5 Å². The highest BCUT2D eigenvalue weighted by Crippen LogP contribution is 2.19. The monoisotopic (exact) mass is 272 g/mol. The molecule has 1 amide bonds. The molecule has 1 aromatic heterocycles. The van der Waals surface area contributed by atoms with Crippen molar-refractivity contribution >= 4 is 21.8 Å². The molecule has 0 unspecified atom stereocenters. The van der Waals surface area contributed by atoms with E-state index >= 15 is 0 Å². The van der Waals surface area contributed by atoms with Gasteiger partial charge >= 0.3 is 0 Å². The number of piperazine rings is 1. The minimum Gasteiger partial charge on any atom is -0.458 e. The van der Waals surface area contributed by atoms with Crippen molar-refractivity contribution in [2.75, 3.05) is 19.6 Å². The minimum absolute atomic E-state index is 0.0415. The van der Waals surface area contributed by atoms with Crippen LogP contribution in [0.2, 0.25) is 0 Å². The van der Waals surface area contributed by atoms with Crippen LogP contribution in [-0.4, -0.2) is 36.5 Å². The average Bonchev–Trinajstić information content (AvgIpc) is 2.63. The van der Waals surface area contributed by atoms with Gasteiger partial charge in [-0.05, 0) is 28.9 Å². The number of amides is 1. The Labute approximate surface area is 96.7 Å². The Bertz CT molecular complexity index is 364. The minimum atomic E-state index is -0.0415. The van der Waals surface area contributed by atoms with Crippen LogP contribution in [0.15, 0.2) is 21.2 Å². The van der Waals surface area contributed by atoms with E-state index in [1.807, 2.05) is 4.90 Å². The number of nitrogens with zero attached hydrogens (tertiary/aromatic N) is 1. The third kappa shape index (κ3) is 2.23. The van der Waals surface area contributed by atoms with Gasteiger partial charge in [-0.15, -0.1) is 0 Å². The summed E-state index contributed by atoms with van der Waals surface area (Å²) < 4.78 is 5.88. The Hall–Kier alpha value is -0.810. The normalized spacial score (nSPS) is 21.7. The lowest BCUT2D eigenvalue weighted by atomic mass is 10.2. The molecule has 0 spiro atoms. The molecule has 1 aromatic rings. The number of hydrogen-bond donors (Lipinski definition) is 1. The number of carbonyl (C=O) groups excluding carboxylic acids is 1. The highest BCUT2D eigenvalue weighted by atomic mass is 79.9. The summed E-state index contributed by atoms with van der Waals surface area (Å²) in [5.41, 5.74) is 0. The Kier molecular flexibility index (Phi) is 3.11. The number of nitrogens with one attached hydrogen (secondary N) is 1. The predicted octanol–water partition coefficient (Wildman–Crippen LogP) is 1.48. The van der Waals surface area contributed by atoms with Crippen molar-refractivity contribution in [1.82, 2.24) is 10.2 Å². The van der Waals surface area contributed by atoms with E-state index in [1.165, 1.54) is 6.26 Å². The van der Waals surface area contributed by atoms with Gasteiger partial charge in [0.2, 0.25) is 5.76 Å². The number of halogens is 1. The standard InChI is InChI=1S/C10H13BrN2O2/c1-7-6-13(4-3-12-7)10(14)9-8(11)2-5-15-9/h2,5,7,12H,3-4,6H2,1H3/t7-/m1/s1. The Morgan fingerprint density at radius 3 is 3.13 bits per heavy atom. The molecule has 2 rings (SSSR count). The van der Waals surface area contributed by atoms with Gasteiger partial charge in [0.1, 0.15) is 0 Å². The molecule has 1 atom stereocenters. The summed E-state index contributed by atoms with van der Waals surface area (Å²) in [4.78, 5) is 13.8. The predicted molar refractivity (Wildman–Crippen MR) is 59.8 cm³/mol. The van der Waals surface area contributed by atoms with Crippen LogP contribution in [-0.2, 0) is 0 Å². The maximum absolute atomic E-state index is 12.0. The molecule has 4 nitrogen and oxygen atoms in total. The molecule has 0 aliphatic carbocycles. The maximum atomic E-state index is 12.0. The van der Waals surface area contributed by atoms with Crippen LogP contribution >= 0.6 is 15.9 Å². The first-order valence-corrected chi connectivity index (χ1v) is 5.73. The van der Waals surface area contributed by atoms with Crippen LogP contribution in [0, 0.1) is 0 Å². The van der Waals surface area contributed by atoms with Crippen LogP contribution in [0.3, 0.4) is 0 Å². The quantitative estimate of drug-likeness (QED) is 0.843. The molecule has 1 aliphatic heterocycles. The van der Waals surface area contributed by atoms with Gasteiger partial charge in [0.05, 0.1) is 10.7 Å². The lowest BCUT2D eigenvalue weighted by Crippen LogP contribution is -2.51. The van der Waals surface area contributed by atoms with E-state index in [0.29, 0.717) is 11.8 Å². The van der Waals surface area contributed by atoms with Crippen LogP contribution in [0.5, 0.6) is 0 Å². The van der Waals surface area contributed by atoms with Crippen LogP contribution in [0.25, 0.3) is 0 Å². The van der Waals surface area contributed by atoms with E-state index in [4.69, 9.17) is 4.42 Å². The van der Waals surface area contributed by atoms with E-state index in [1.54, 1.807) is 6.07 Å². The fraction of sp³-hybridized carbons (Fsp3) is 0.500. The molecule has 0 radical (unpaired) electrons. The number of furan rings is 1. The van der Waals surface area contributed by atoms with Gasteiger partial charge in [0.15, 0.2) is 0 Å². The van der Waals surface area contributed by atoms with E-state index in [2.05, 4.69) is 28.2 Å². The van der Waals surface area contributed by atoms with Crippen molar-refractivity contribution in [2.45, 2.75) is 13.0 Å². The van der Waals surface area contributed by atoms with Crippen LogP contribution in [0.4, 0.5) is 0 Å². The van der Waals surface area contributed by atoms with Crippen molar-refractivity contribution in [1.29, 1.82) is 0 Å². The molecule has 15 heavy (non-hydrogen) atoms. The summed E-state index contributed by atoms with van der Waals surface area (Å²) in [5, 5.41) is 3.29. The van der Waals surface area contributed by atoms with Gasteiger partial charge in [-0.2, -0.15) is 0 Å². The zero-order valence-corrected chi connectivity index (χ0v) is 10.1. The van der Waals surface area contributed by atoms with Gasteiger partial charge in [-0.3, -0.25) is 4.79 Å². The van der Waals surface area contributed by atoms with E-state index in [0.717, 1.165) is 24.1 Å². The zero-order chi connectivity index (χ0) is 10.8. The summed E-state index contributed by atoms with van der Waals surface area (Å²) in [6.45, 7) is 4.37. The largest absolute Gasteiger partial charge is 0.458 e. The number of hydrogen-bond acceptors (Lipinski definition) is 3. The second-order valence-corrected chi connectivity index (χ2v) is 4.56. The Balaban J connectivity index is 2.11. The number of rotatable bonds is 1. The molecule has 82 valence electrons. The first-order chi connectivity index (χ1) is 7.18. The molecule has 1 N–H and O–H groups in total. The molecule has 0 saturated carbocycles. The molecule has 1 aliphatic rings. The first-order valence-electron chi connectivity index (χ1n) is 4.94. The smallest absolute Gasteiger partial charge is 0.290 e. The highest BCUT2D eigenvalue weighted by Gasteiger charge is 2.24.